The zero-order chi connectivity index (χ0) is 22.9. The van der Waals surface area contributed by atoms with Crippen molar-refractivity contribution < 1.29 is 17.5 Å². The third-order valence-corrected chi connectivity index (χ3v) is 7.76. The van der Waals surface area contributed by atoms with Crippen molar-refractivity contribution >= 4 is 10.0 Å². The Balaban J connectivity index is 1.41. The van der Waals surface area contributed by atoms with Crippen LogP contribution in [0.15, 0.2) is 70.4 Å². The molecule has 0 spiro atoms. The summed E-state index contributed by atoms with van der Waals surface area (Å²) in [7, 11) is -1.91. The van der Waals surface area contributed by atoms with Crippen molar-refractivity contribution in [2.75, 3.05) is 13.1 Å². The maximum absolute atomic E-state index is 13.1. The van der Waals surface area contributed by atoms with Crippen LogP contribution in [0.1, 0.15) is 18.5 Å². The van der Waals surface area contributed by atoms with Crippen LogP contribution in [0.4, 0.5) is 4.39 Å². The number of pyridine rings is 1. The molecule has 3 aromatic rings. The molecular formula is C24H25FN2O4S. The lowest BCUT2D eigenvalue weighted by atomic mass is 10.1. The van der Waals surface area contributed by atoms with E-state index in [1.165, 1.54) is 22.5 Å². The SMILES string of the molecule is Cc1cc(OC2CCN(S(=O)(=O)c3ccc(-c4ccc(F)cc4)cc3)CC2)cc(=O)n1C. The number of aryl methyl sites for hydroxylation is 1. The molecule has 0 N–H and O–H groups in total. The molecule has 168 valence electrons. The van der Waals surface area contributed by atoms with Gasteiger partial charge in [-0.2, -0.15) is 4.31 Å². The van der Waals surface area contributed by atoms with Gasteiger partial charge < -0.3 is 9.30 Å². The Bertz CT molecular complexity index is 1260. The molecule has 0 saturated carbocycles. The molecule has 2 heterocycles. The molecule has 1 aliphatic rings. The molecule has 6 nitrogen and oxygen atoms in total. The summed E-state index contributed by atoms with van der Waals surface area (Å²) in [4.78, 5) is 12.2. The normalized spacial score (nSPS) is 15.6. The minimum absolute atomic E-state index is 0.135. The molecule has 1 aliphatic heterocycles. The summed E-state index contributed by atoms with van der Waals surface area (Å²) in [6, 6.07) is 16.0. The van der Waals surface area contributed by atoms with Gasteiger partial charge in [0.15, 0.2) is 0 Å². The number of rotatable bonds is 5. The first-order chi connectivity index (χ1) is 15.2. The van der Waals surface area contributed by atoms with Gasteiger partial charge in [-0.3, -0.25) is 4.79 Å². The lowest BCUT2D eigenvalue weighted by molar-refractivity contribution is 0.134. The Morgan fingerprint density at radius 1 is 0.938 bits per heavy atom. The molecule has 0 amide bonds. The molecule has 8 heteroatoms. The summed E-state index contributed by atoms with van der Waals surface area (Å²) in [5.41, 5.74) is 2.31. The molecule has 1 aromatic heterocycles. The third-order valence-electron chi connectivity index (χ3n) is 5.85. The summed E-state index contributed by atoms with van der Waals surface area (Å²) in [5.74, 6) is 0.202. The first kappa shape index (κ1) is 22.2. The van der Waals surface area contributed by atoms with E-state index in [1.807, 2.05) is 13.0 Å². The summed E-state index contributed by atoms with van der Waals surface area (Å²) in [6.45, 7) is 2.53. The number of aromatic nitrogens is 1. The highest BCUT2D eigenvalue weighted by Gasteiger charge is 2.30. The van der Waals surface area contributed by atoms with Crippen molar-refractivity contribution in [1.82, 2.24) is 8.87 Å². The largest absolute Gasteiger partial charge is 0.490 e. The Morgan fingerprint density at radius 3 is 2.06 bits per heavy atom. The fraction of sp³-hybridized carbons (Fsp3) is 0.292. The number of hydrogen-bond donors (Lipinski definition) is 0. The van der Waals surface area contributed by atoms with Crippen LogP contribution in [0.3, 0.4) is 0 Å². The number of sulfonamides is 1. The molecular weight excluding hydrogens is 431 g/mol. The highest BCUT2D eigenvalue weighted by atomic mass is 32.2. The van der Waals surface area contributed by atoms with Crippen LogP contribution in [-0.2, 0) is 17.1 Å². The quantitative estimate of drug-likeness (QED) is 0.587. The average Bonchev–Trinajstić information content (AvgIpc) is 2.78. The van der Waals surface area contributed by atoms with Crippen LogP contribution in [0.5, 0.6) is 5.75 Å². The molecule has 1 fully saturated rings. The Hall–Kier alpha value is -2.97. The first-order valence-electron chi connectivity index (χ1n) is 10.4. The number of halogens is 1. The van der Waals surface area contributed by atoms with E-state index >= 15 is 0 Å². The maximum atomic E-state index is 13.1. The third kappa shape index (κ3) is 4.61. The van der Waals surface area contributed by atoms with Gasteiger partial charge >= 0.3 is 0 Å². The average molecular weight is 457 g/mol. The van der Waals surface area contributed by atoms with E-state index in [2.05, 4.69) is 0 Å². The van der Waals surface area contributed by atoms with E-state index < -0.39 is 10.0 Å². The Labute approximate surface area is 186 Å². The van der Waals surface area contributed by atoms with Crippen LogP contribution in [0.25, 0.3) is 11.1 Å². The number of piperidine rings is 1. The molecule has 0 unspecified atom stereocenters. The second-order valence-electron chi connectivity index (χ2n) is 7.98. The maximum Gasteiger partial charge on any atom is 0.254 e. The minimum atomic E-state index is -3.62. The van der Waals surface area contributed by atoms with E-state index in [1.54, 1.807) is 48.0 Å². The second kappa shape index (κ2) is 8.88. The molecule has 2 aromatic carbocycles. The van der Waals surface area contributed by atoms with Crippen molar-refractivity contribution in [2.45, 2.75) is 30.8 Å². The van der Waals surface area contributed by atoms with Crippen LogP contribution in [0, 0.1) is 12.7 Å². The van der Waals surface area contributed by atoms with E-state index in [-0.39, 0.29) is 22.4 Å². The molecule has 0 radical (unpaired) electrons. The molecule has 0 atom stereocenters. The lowest BCUT2D eigenvalue weighted by Gasteiger charge is -2.31. The van der Waals surface area contributed by atoms with E-state index in [9.17, 15) is 17.6 Å². The van der Waals surface area contributed by atoms with E-state index in [0.717, 1.165) is 16.8 Å². The smallest absolute Gasteiger partial charge is 0.254 e. The fourth-order valence-electron chi connectivity index (χ4n) is 3.80. The van der Waals surface area contributed by atoms with Gasteiger partial charge in [-0.25, -0.2) is 12.8 Å². The van der Waals surface area contributed by atoms with Crippen molar-refractivity contribution in [3.05, 3.63) is 82.5 Å². The second-order valence-corrected chi connectivity index (χ2v) is 9.92. The van der Waals surface area contributed by atoms with Crippen LogP contribution < -0.4 is 10.3 Å². The highest BCUT2D eigenvalue weighted by molar-refractivity contribution is 7.89. The molecule has 0 bridgehead atoms. The molecule has 1 saturated heterocycles. The van der Waals surface area contributed by atoms with Crippen LogP contribution in [0.2, 0.25) is 0 Å². The fourth-order valence-corrected chi connectivity index (χ4v) is 5.27. The van der Waals surface area contributed by atoms with Gasteiger partial charge in [-0.1, -0.05) is 24.3 Å². The Kier molecular flexibility index (Phi) is 6.17. The Morgan fingerprint density at radius 2 is 1.50 bits per heavy atom. The topological polar surface area (TPSA) is 68.6 Å². The zero-order valence-corrected chi connectivity index (χ0v) is 18.8. The van der Waals surface area contributed by atoms with Gasteiger partial charge in [0.1, 0.15) is 17.7 Å². The van der Waals surface area contributed by atoms with Crippen molar-refractivity contribution in [1.29, 1.82) is 0 Å². The lowest BCUT2D eigenvalue weighted by Crippen LogP contribution is -2.41. The van der Waals surface area contributed by atoms with Gasteiger partial charge in [0.25, 0.3) is 5.56 Å². The van der Waals surface area contributed by atoms with Gasteiger partial charge in [0, 0.05) is 31.9 Å². The zero-order valence-electron chi connectivity index (χ0n) is 18.0. The molecule has 0 aliphatic carbocycles. The van der Waals surface area contributed by atoms with E-state index in [4.69, 9.17) is 4.74 Å². The minimum Gasteiger partial charge on any atom is -0.490 e. The van der Waals surface area contributed by atoms with Gasteiger partial charge in [0.2, 0.25) is 10.0 Å². The number of hydrogen-bond acceptors (Lipinski definition) is 4. The van der Waals surface area contributed by atoms with Crippen molar-refractivity contribution in [3.63, 3.8) is 0 Å². The van der Waals surface area contributed by atoms with E-state index in [0.29, 0.717) is 31.7 Å². The summed E-state index contributed by atoms with van der Waals surface area (Å²) in [6.07, 6.45) is 0.941. The van der Waals surface area contributed by atoms with Crippen LogP contribution >= 0.6 is 0 Å². The van der Waals surface area contributed by atoms with Crippen LogP contribution in [-0.4, -0.2) is 36.5 Å². The van der Waals surface area contributed by atoms with Crippen molar-refractivity contribution in [3.8, 4) is 16.9 Å². The molecule has 4 rings (SSSR count). The summed E-state index contributed by atoms with van der Waals surface area (Å²) < 4.78 is 48.2. The number of ether oxygens (including phenoxy) is 1. The predicted octanol–water partition coefficient (Wildman–Crippen LogP) is 3.73. The number of benzene rings is 2. The van der Waals surface area contributed by atoms with Crippen molar-refractivity contribution in [2.24, 2.45) is 7.05 Å². The summed E-state index contributed by atoms with van der Waals surface area (Å²) in [5, 5.41) is 0. The number of nitrogens with zero attached hydrogens (tertiary/aromatic N) is 2. The highest BCUT2D eigenvalue weighted by Crippen LogP contribution is 2.26. The summed E-state index contributed by atoms with van der Waals surface area (Å²) >= 11 is 0. The van der Waals surface area contributed by atoms with Gasteiger partial charge in [-0.15, -0.1) is 0 Å². The first-order valence-corrected chi connectivity index (χ1v) is 11.9. The van der Waals surface area contributed by atoms with Gasteiger partial charge in [-0.05, 0) is 61.2 Å². The predicted molar refractivity (Wildman–Crippen MR) is 121 cm³/mol. The monoisotopic (exact) mass is 456 g/mol. The standard InChI is InChI=1S/C24H25FN2O4S/c1-17-15-22(16-24(28)26(17)2)31-21-11-13-27(14-12-21)32(29,30)23-9-5-19(6-10-23)18-3-7-20(25)8-4-18/h3-10,15-16,21H,11-14H2,1-2H3. The van der Waals surface area contributed by atoms with Gasteiger partial charge in [0.05, 0.1) is 4.90 Å². The molecule has 32 heavy (non-hydrogen) atoms.